The molecule has 0 fully saturated rings. The first kappa shape index (κ1) is 16.0. The molecule has 0 aliphatic carbocycles. The highest BCUT2D eigenvalue weighted by Crippen LogP contribution is 2.35. The molecule has 1 aromatic heterocycles. The fourth-order valence-corrected chi connectivity index (χ4v) is 2.88. The lowest BCUT2D eigenvalue weighted by molar-refractivity contribution is 0.00764. The average Bonchev–Trinajstić information content (AvgIpc) is 2.73. The number of nitrogens with two attached hydrogens (primary N) is 1. The summed E-state index contributed by atoms with van der Waals surface area (Å²) in [4.78, 5) is 13.1. The van der Waals surface area contributed by atoms with Crippen LogP contribution in [-0.4, -0.2) is 11.6 Å². The third-order valence-corrected chi connectivity index (χ3v) is 4.37. The molecule has 0 saturated heterocycles. The Kier molecular flexibility index (Phi) is 4.39. The van der Waals surface area contributed by atoms with Gasteiger partial charge in [-0.3, -0.25) is 0 Å². The first-order valence-corrected chi connectivity index (χ1v) is 7.86. The highest BCUT2D eigenvalue weighted by Gasteiger charge is 2.22. The van der Waals surface area contributed by atoms with Crippen LogP contribution in [0, 0.1) is 5.82 Å². The zero-order chi connectivity index (χ0) is 15.8. The van der Waals surface area contributed by atoms with Gasteiger partial charge in [-0.15, -0.1) is 11.3 Å². The molecule has 1 aromatic carbocycles. The van der Waals surface area contributed by atoms with E-state index in [-0.39, 0.29) is 5.82 Å². The molecule has 0 spiro atoms. The van der Waals surface area contributed by atoms with Gasteiger partial charge in [-0.05, 0) is 60.5 Å². The lowest BCUT2D eigenvalue weighted by atomic mass is 10.2. The normalized spacial score (nSPS) is 11.5. The maximum Gasteiger partial charge on any atom is 0.350 e. The minimum atomic E-state index is -0.586. The van der Waals surface area contributed by atoms with E-state index in [1.54, 1.807) is 39.0 Å². The van der Waals surface area contributed by atoms with Crippen molar-refractivity contribution in [1.29, 1.82) is 0 Å². The second-order valence-corrected chi connectivity index (χ2v) is 7.43. The van der Waals surface area contributed by atoms with Gasteiger partial charge in [0.25, 0.3) is 0 Å². The lowest BCUT2D eigenvalue weighted by Crippen LogP contribution is -2.23. The summed E-state index contributed by atoms with van der Waals surface area (Å²) in [7, 11) is 0. The van der Waals surface area contributed by atoms with Gasteiger partial charge in [0, 0.05) is 4.88 Å². The Morgan fingerprint density at radius 3 is 2.57 bits per heavy atom. The van der Waals surface area contributed by atoms with Gasteiger partial charge in [0.2, 0.25) is 0 Å². The number of thiophene rings is 1. The molecule has 0 aliphatic rings. The van der Waals surface area contributed by atoms with Crippen molar-refractivity contribution in [2.24, 2.45) is 0 Å². The Hall–Kier alpha value is -1.40. The fourth-order valence-electron chi connectivity index (χ4n) is 1.68. The van der Waals surface area contributed by atoms with Gasteiger partial charge in [0.15, 0.2) is 0 Å². The largest absolute Gasteiger partial charge is 0.456 e. The number of esters is 1. The number of halogens is 2. The molecular formula is C15H15BrFNO2S. The molecule has 0 bridgehead atoms. The van der Waals surface area contributed by atoms with Crippen LogP contribution in [0.4, 0.5) is 10.1 Å². The van der Waals surface area contributed by atoms with Gasteiger partial charge in [0.05, 0.1) is 10.2 Å². The molecule has 2 aromatic rings. The smallest absolute Gasteiger partial charge is 0.350 e. The first-order chi connectivity index (χ1) is 9.67. The van der Waals surface area contributed by atoms with E-state index in [1.807, 2.05) is 0 Å². The Bertz CT molecular complexity index is 691. The number of carbonyl (C=O) groups excluding carboxylic acids is 1. The van der Waals surface area contributed by atoms with Crippen LogP contribution in [0.1, 0.15) is 30.4 Å². The Labute approximate surface area is 135 Å². The van der Waals surface area contributed by atoms with E-state index in [0.717, 1.165) is 4.88 Å². The van der Waals surface area contributed by atoms with Crippen LogP contribution < -0.4 is 5.73 Å². The highest BCUT2D eigenvalue weighted by atomic mass is 79.9. The number of hydrogen-bond donors (Lipinski definition) is 1. The van der Waals surface area contributed by atoms with Crippen LogP contribution in [0.15, 0.2) is 28.7 Å². The quantitative estimate of drug-likeness (QED) is 0.767. The molecule has 2 N–H and O–H groups in total. The van der Waals surface area contributed by atoms with Crippen molar-refractivity contribution < 1.29 is 13.9 Å². The van der Waals surface area contributed by atoms with Crippen LogP contribution >= 0.6 is 27.3 Å². The molecule has 112 valence electrons. The van der Waals surface area contributed by atoms with Gasteiger partial charge < -0.3 is 10.5 Å². The lowest BCUT2D eigenvalue weighted by Gasteiger charge is -2.18. The van der Waals surface area contributed by atoms with Crippen LogP contribution in [0.25, 0.3) is 10.4 Å². The van der Waals surface area contributed by atoms with Crippen molar-refractivity contribution in [2.75, 3.05) is 5.73 Å². The summed E-state index contributed by atoms with van der Waals surface area (Å²) in [5.41, 5.74) is 6.30. The van der Waals surface area contributed by atoms with E-state index in [1.165, 1.54) is 17.4 Å². The van der Waals surface area contributed by atoms with Crippen molar-refractivity contribution in [2.45, 2.75) is 26.4 Å². The Morgan fingerprint density at radius 1 is 1.33 bits per heavy atom. The second kappa shape index (κ2) is 5.77. The average molecular weight is 372 g/mol. The summed E-state index contributed by atoms with van der Waals surface area (Å²) in [5, 5.41) is 0. The van der Waals surface area contributed by atoms with Crippen LogP contribution in [-0.2, 0) is 4.74 Å². The number of benzene rings is 1. The third kappa shape index (κ3) is 3.83. The highest BCUT2D eigenvalue weighted by molar-refractivity contribution is 9.10. The SMILES string of the molecule is CC(C)(C)OC(=O)c1sc(-c2ccc(Br)c(F)c2)cc1N. The summed E-state index contributed by atoms with van der Waals surface area (Å²) in [6.07, 6.45) is 0. The van der Waals surface area contributed by atoms with Crippen molar-refractivity contribution in [3.05, 3.63) is 39.4 Å². The molecule has 3 nitrogen and oxygen atoms in total. The summed E-state index contributed by atoms with van der Waals surface area (Å²) >= 11 is 4.30. The molecule has 6 heteroatoms. The van der Waals surface area contributed by atoms with Gasteiger partial charge >= 0.3 is 5.97 Å². The second-order valence-electron chi connectivity index (χ2n) is 5.53. The molecule has 0 radical (unpaired) electrons. The molecule has 0 unspecified atom stereocenters. The van der Waals surface area contributed by atoms with Crippen LogP contribution in [0.3, 0.4) is 0 Å². The van der Waals surface area contributed by atoms with Gasteiger partial charge in [-0.1, -0.05) is 6.07 Å². The fraction of sp³-hybridized carbons (Fsp3) is 0.267. The number of nitrogen functional groups attached to an aromatic ring is 1. The van der Waals surface area contributed by atoms with Gasteiger partial charge in [-0.2, -0.15) is 0 Å². The first-order valence-electron chi connectivity index (χ1n) is 6.25. The van der Waals surface area contributed by atoms with Gasteiger partial charge in [0.1, 0.15) is 16.3 Å². The van der Waals surface area contributed by atoms with Gasteiger partial charge in [-0.25, -0.2) is 9.18 Å². The van der Waals surface area contributed by atoms with E-state index < -0.39 is 11.6 Å². The van der Waals surface area contributed by atoms with Crippen molar-refractivity contribution in [3.8, 4) is 10.4 Å². The van der Waals surface area contributed by atoms with E-state index in [2.05, 4.69) is 15.9 Å². The molecule has 21 heavy (non-hydrogen) atoms. The summed E-state index contributed by atoms with van der Waals surface area (Å²) < 4.78 is 19.3. The third-order valence-electron chi connectivity index (χ3n) is 2.55. The Balaban J connectivity index is 2.34. The molecular weight excluding hydrogens is 357 g/mol. The molecule has 2 rings (SSSR count). The minimum absolute atomic E-state index is 0.336. The number of carbonyl (C=O) groups is 1. The zero-order valence-electron chi connectivity index (χ0n) is 11.9. The topological polar surface area (TPSA) is 52.3 Å². The minimum Gasteiger partial charge on any atom is -0.456 e. The number of ether oxygens (including phenoxy) is 1. The summed E-state index contributed by atoms with van der Waals surface area (Å²) in [6, 6.07) is 6.44. The monoisotopic (exact) mass is 371 g/mol. The maximum atomic E-state index is 13.6. The van der Waals surface area contributed by atoms with Crippen LogP contribution in [0.5, 0.6) is 0 Å². The number of hydrogen-bond acceptors (Lipinski definition) is 4. The molecule has 0 saturated carbocycles. The van der Waals surface area contributed by atoms with E-state index in [0.29, 0.717) is 20.6 Å². The maximum absolute atomic E-state index is 13.6. The predicted molar refractivity (Wildman–Crippen MR) is 87.0 cm³/mol. The van der Waals surface area contributed by atoms with Crippen molar-refractivity contribution in [1.82, 2.24) is 0 Å². The summed E-state index contributed by atoms with van der Waals surface area (Å²) in [5.74, 6) is -0.827. The van der Waals surface area contributed by atoms with Crippen molar-refractivity contribution in [3.63, 3.8) is 0 Å². The Morgan fingerprint density at radius 2 is 2.00 bits per heavy atom. The molecule has 1 heterocycles. The summed E-state index contributed by atoms with van der Waals surface area (Å²) in [6.45, 7) is 5.37. The van der Waals surface area contributed by atoms with E-state index in [4.69, 9.17) is 10.5 Å². The van der Waals surface area contributed by atoms with Crippen LogP contribution in [0.2, 0.25) is 0 Å². The molecule has 0 atom stereocenters. The van der Waals surface area contributed by atoms with E-state index in [9.17, 15) is 9.18 Å². The standard InChI is InChI=1S/C15H15BrFNO2S/c1-15(2,3)20-14(19)13-11(18)7-12(21-13)8-4-5-9(16)10(17)6-8/h4-7H,18H2,1-3H3. The zero-order valence-corrected chi connectivity index (χ0v) is 14.3. The van der Waals surface area contributed by atoms with Crippen molar-refractivity contribution >= 4 is 38.9 Å². The number of anilines is 1. The predicted octanol–water partition coefficient (Wildman–Crippen LogP) is 4.85. The molecule has 0 aliphatic heterocycles. The number of rotatable bonds is 2. The molecule has 0 amide bonds. The van der Waals surface area contributed by atoms with E-state index >= 15 is 0 Å².